The third kappa shape index (κ3) is 4.04. The molecule has 2 N–H and O–H groups in total. The minimum Gasteiger partial charge on any atom is -0.391 e. The van der Waals surface area contributed by atoms with Crippen LogP contribution < -0.4 is 0 Å². The molecule has 0 amide bonds. The second-order valence-electron chi connectivity index (χ2n) is 5.61. The van der Waals surface area contributed by atoms with Crippen LogP contribution in [0.2, 0.25) is 0 Å². The van der Waals surface area contributed by atoms with Crippen LogP contribution in [0, 0.1) is 0 Å². The Morgan fingerprint density at radius 3 is 1.90 bits per heavy atom. The Hall–Kier alpha value is -0.910. The van der Waals surface area contributed by atoms with Crippen molar-refractivity contribution in [3.05, 3.63) is 29.8 Å². The fourth-order valence-corrected chi connectivity index (χ4v) is 3.01. The zero-order chi connectivity index (χ0) is 15.5. The summed E-state index contributed by atoms with van der Waals surface area (Å²) in [5.74, 6) is 0.0513. The normalized spacial score (nSPS) is 16.9. The number of aliphatic hydroxyl groups excluding tert-OH is 2. The Balaban J connectivity index is 2.87. The molecular formula is C15H24O4S. The first-order chi connectivity index (χ1) is 9.16. The summed E-state index contributed by atoms with van der Waals surface area (Å²) in [7, 11) is -3.25. The van der Waals surface area contributed by atoms with Crippen LogP contribution in [0.1, 0.15) is 45.6 Å². The van der Waals surface area contributed by atoms with E-state index < -0.39 is 27.3 Å². The first kappa shape index (κ1) is 17.1. The predicted molar refractivity (Wildman–Crippen MR) is 79.5 cm³/mol. The maximum Gasteiger partial charge on any atom is 0.180 e. The molecule has 1 aromatic rings. The molecule has 0 radical (unpaired) electrons. The van der Waals surface area contributed by atoms with Gasteiger partial charge in [0.2, 0.25) is 0 Å². The third-order valence-electron chi connectivity index (χ3n) is 3.55. The van der Waals surface area contributed by atoms with Crippen LogP contribution in [0.25, 0.3) is 0 Å². The van der Waals surface area contributed by atoms with Crippen LogP contribution in [0.4, 0.5) is 0 Å². The summed E-state index contributed by atoms with van der Waals surface area (Å²) in [6.07, 6.45) is -1.10. The summed E-state index contributed by atoms with van der Waals surface area (Å²) in [6.45, 7) is 6.81. The molecule has 0 saturated carbocycles. The highest BCUT2D eigenvalue weighted by Crippen LogP contribution is 2.24. The number of benzene rings is 1. The van der Waals surface area contributed by atoms with Crippen molar-refractivity contribution >= 4 is 9.84 Å². The number of aliphatic hydroxyl groups is 2. The Morgan fingerprint density at radius 2 is 1.50 bits per heavy atom. The Bertz CT molecular complexity index is 517. The molecule has 0 aromatic heterocycles. The molecule has 4 nitrogen and oxygen atoms in total. The molecule has 0 aliphatic carbocycles. The van der Waals surface area contributed by atoms with E-state index in [1.807, 2.05) is 6.92 Å². The van der Waals surface area contributed by atoms with Gasteiger partial charge in [-0.05, 0) is 50.8 Å². The number of hydrogen-bond donors (Lipinski definition) is 2. The molecule has 0 fully saturated rings. The smallest absolute Gasteiger partial charge is 0.180 e. The molecule has 0 aliphatic heterocycles. The molecule has 3 atom stereocenters. The third-order valence-corrected chi connectivity index (χ3v) is 5.72. The summed E-state index contributed by atoms with van der Waals surface area (Å²) < 4.78 is 24.0. The Morgan fingerprint density at radius 1 is 1.00 bits per heavy atom. The fraction of sp³-hybridized carbons (Fsp3) is 0.600. The van der Waals surface area contributed by atoms with Gasteiger partial charge in [0.25, 0.3) is 0 Å². The minimum atomic E-state index is -3.25. The van der Waals surface area contributed by atoms with Crippen molar-refractivity contribution in [1.82, 2.24) is 0 Å². The second kappa shape index (κ2) is 6.70. The molecule has 0 saturated heterocycles. The van der Waals surface area contributed by atoms with Gasteiger partial charge in [-0.3, -0.25) is 0 Å². The average Bonchev–Trinajstić information content (AvgIpc) is 2.38. The average molecular weight is 300 g/mol. The van der Waals surface area contributed by atoms with Crippen molar-refractivity contribution in [3.8, 4) is 0 Å². The van der Waals surface area contributed by atoms with Crippen molar-refractivity contribution in [2.45, 2.75) is 62.4 Å². The van der Waals surface area contributed by atoms with Crippen LogP contribution in [0.5, 0.6) is 0 Å². The van der Waals surface area contributed by atoms with Crippen LogP contribution in [0.15, 0.2) is 29.2 Å². The molecule has 0 aliphatic rings. The van der Waals surface area contributed by atoms with Gasteiger partial charge in [0, 0.05) is 0 Å². The van der Waals surface area contributed by atoms with E-state index in [2.05, 4.69) is 0 Å². The van der Waals surface area contributed by atoms with E-state index in [1.165, 1.54) is 0 Å². The fourth-order valence-electron chi connectivity index (χ4n) is 1.95. The maximum atomic E-state index is 12.0. The number of rotatable bonds is 6. The SMILES string of the molecule is CC(CC(O)C(C)O)c1ccc(S(=O)(=O)C(C)C)cc1. The van der Waals surface area contributed by atoms with Crippen LogP contribution >= 0.6 is 0 Å². The molecule has 20 heavy (non-hydrogen) atoms. The lowest BCUT2D eigenvalue weighted by molar-refractivity contribution is 0.0227. The molecule has 1 aromatic carbocycles. The van der Waals surface area contributed by atoms with Gasteiger partial charge in [-0.25, -0.2) is 8.42 Å². The monoisotopic (exact) mass is 300 g/mol. The van der Waals surface area contributed by atoms with Gasteiger partial charge in [0.1, 0.15) is 0 Å². The summed E-state index contributed by atoms with van der Waals surface area (Å²) in [5.41, 5.74) is 0.951. The molecule has 5 heteroatoms. The predicted octanol–water partition coefficient (Wildman–Crippen LogP) is 2.10. The van der Waals surface area contributed by atoms with E-state index in [0.717, 1.165) is 5.56 Å². The molecular weight excluding hydrogens is 276 g/mol. The van der Waals surface area contributed by atoms with Gasteiger partial charge in [-0.1, -0.05) is 19.1 Å². The molecule has 114 valence electrons. The Labute approximate surface area is 121 Å². The van der Waals surface area contributed by atoms with Gasteiger partial charge in [-0.2, -0.15) is 0 Å². The molecule has 0 bridgehead atoms. The Kier molecular flexibility index (Phi) is 5.74. The summed E-state index contributed by atoms with van der Waals surface area (Å²) in [4.78, 5) is 0.319. The van der Waals surface area contributed by atoms with Crippen LogP contribution in [-0.4, -0.2) is 36.1 Å². The highest BCUT2D eigenvalue weighted by molar-refractivity contribution is 7.92. The van der Waals surface area contributed by atoms with Crippen LogP contribution in [0.3, 0.4) is 0 Å². The van der Waals surface area contributed by atoms with Gasteiger partial charge in [0.15, 0.2) is 9.84 Å². The maximum absolute atomic E-state index is 12.0. The van der Waals surface area contributed by atoms with E-state index in [-0.39, 0.29) is 5.92 Å². The van der Waals surface area contributed by atoms with Gasteiger partial charge in [-0.15, -0.1) is 0 Å². The molecule has 0 heterocycles. The molecule has 0 spiro atoms. The lowest BCUT2D eigenvalue weighted by Gasteiger charge is -2.19. The van der Waals surface area contributed by atoms with Crippen LogP contribution in [-0.2, 0) is 9.84 Å². The molecule has 1 rings (SSSR count). The zero-order valence-electron chi connectivity index (χ0n) is 12.4. The van der Waals surface area contributed by atoms with Crippen molar-refractivity contribution in [1.29, 1.82) is 0 Å². The molecule has 3 unspecified atom stereocenters. The van der Waals surface area contributed by atoms with Crippen molar-refractivity contribution in [3.63, 3.8) is 0 Å². The largest absolute Gasteiger partial charge is 0.391 e. The van der Waals surface area contributed by atoms with Crippen molar-refractivity contribution in [2.24, 2.45) is 0 Å². The van der Waals surface area contributed by atoms with E-state index in [4.69, 9.17) is 0 Å². The number of hydrogen-bond acceptors (Lipinski definition) is 4. The summed E-state index contributed by atoms with van der Waals surface area (Å²) >= 11 is 0. The van der Waals surface area contributed by atoms with E-state index >= 15 is 0 Å². The van der Waals surface area contributed by atoms with Gasteiger partial charge < -0.3 is 10.2 Å². The highest BCUT2D eigenvalue weighted by Gasteiger charge is 2.20. The zero-order valence-corrected chi connectivity index (χ0v) is 13.3. The van der Waals surface area contributed by atoms with E-state index in [1.54, 1.807) is 45.0 Å². The lowest BCUT2D eigenvalue weighted by Crippen LogP contribution is -2.24. The van der Waals surface area contributed by atoms with Crippen molar-refractivity contribution in [2.75, 3.05) is 0 Å². The topological polar surface area (TPSA) is 74.6 Å². The second-order valence-corrected chi connectivity index (χ2v) is 8.11. The highest BCUT2D eigenvalue weighted by atomic mass is 32.2. The van der Waals surface area contributed by atoms with E-state index in [0.29, 0.717) is 11.3 Å². The van der Waals surface area contributed by atoms with E-state index in [9.17, 15) is 18.6 Å². The quantitative estimate of drug-likeness (QED) is 0.843. The number of sulfone groups is 1. The summed E-state index contributed by atoms with van der Waals surface area (Å²) in [6, 6.07) is 6.76. The lowest BCUT2D eigenvalue weighted by atomic mass is 9.93. The standard InChI is InChI=1S/C15H24O4S/c1-10(2)20(18,19)14-7-5-13(6-8-14)11(3)9-15(17)12(4)16/h5-8,10-12,15-17H,9H2,1-4H3. The van der Waals surface area contributed by atoms with Gasteiger partial charge in [0.05, 0.1) is 22.4 Å². The first-order valence-electron chi connectivity index (χ1n) is 6.86. The van der Waals surface area contributed by atoms with Gasteiger partial charge >= 0.3 is 0 Å². The van der Waals surface area contributed by atoms with Crippen molar-refractivity contribution < 1.29 is 18.6 Å². The minimum absolute atomic E-state index is 0.0513. The first-order valence-corrected chi connectivity index (χ1v) is 8.41. The summed E-state index contributed by atoms with van der Waals surface area (Å²) in [5, 5.41) is 18.5.